The first-order valence-electron chi connectivity index (χ1n) is 7.68. The van der Waals surface area contributed by atoms with Crippen molar-refractivity contribution in [3.63, 3.8) is 0 Å². The van der Waals surface area contributed by atoms with Crippen LogP contribution in [0.15, 0.2) is 54.6 Å². The standard InChI is InChI=1S/C19H21NO2/c1-13(15-9-6-10-16(11-15)22-2)20-19(21)18-12-17(18)14-7-4-3-5-8-14/h3-11,13,17-18H,12H2,1-2H3,(H,20,21). The molecule has 1 amide bonds. The lowest BCUT2D eigenvalue weighted by atomic mass is 10.1. The molecule has 0 bridgehead atoms. The van der Waals surface area contributed by atoms with Gasteiger partial charge in [0.15, 0.2) is 0 Å². The monoisotopic (exact) mass is 295 g/mol. The highest BCUT2D eigenvalue weighted by Gasteiger charge is 2.44. The Morgan fingerprint density at radius 1 is 1.18 bits per heavy atom. The average molecular weight is 295 g/mol. The number of rotatable bonds is 5. The number of hydrogen-bond acceptors (Lipinski definition) is 2. The van der Waals surface area contributed by atoms with Crippen LogP contribution in [0.3, 0.4) is 0 Å². The van der Waals surface area contributed by atoms with E-state index in [1.165, 1.54) is 5.56 Å². The van der Waals surface area contributed by atoms with Crippen molar-refractivity contribution in [2.75, 3.05) is 7.11 Å². The van der Waals surface area contributed by atoms with Crippen molar-refractivity contribution in [3.8, 4) is 5.75 Å². The summed E-state index contributed by atoms with van der Waals surface area (Å²) >= 11 is 0. The van der Waals surface area contributed by atoms with E-state index in [1.807, 2.05) is 49.4 Å². The van der Waals surface area contributed by atoms with Gasteiger partial charge < -0.3 is 10.1 Å². The summed E-state index contributed by atoms with van der Waals surface area (Å²) in [6.07, 6.45) is 0.945. The molecule has 0 radical (unpaired) electrons. The summed E-state index contributed by atoms with van der Waals surface area (Å²) in [5.74, 6) is 1.44. The van der Waals surface area contributed by atoms with Gasteiger partial charge in [0.2, 0.25) is 5.91 Å². The number of amides is 1. The predicted molar refractivity (Wildman–Crippen MR) is 86.8 cm³/mol. The first kappa shape index (κ1) is 14.6. The highest BCUT2D eigenvalue weighted by molar-refractivity contribution is 5.83. The van der Waals surface area contributed by atoms with Crippen LogP contribution in [0.4, 0.5) is 0 Å². The van der Waals surface area contributed by atoms with Gasteiger partial charge in [-0.1, -0.05) is 42.5 Å². The molecule has 3 unspecified atom stereocenters. The minimum absolute atomic E-state index is 0.0142. The fourth-order valence-electron chi connectivity index (χ4n) is 2.87. The molecule has 0 spiro atoms. The Bertz CT molecular complexity index is 653. The first-order chi connectivity index (χ1) is 10.7. The van der Waals surface area contributed by atoms with Crippen molar-refractivity contribution in [1.29, 1.82) is 0 Å². The van der Waals surface area contributed by atoms with Gasteiger partial charge in [-0.3, -0.25) is 4.79 Å². The van der Waals surface area contributed by atoms with Gasteiger partial charge in [-0.2, -0.15) is 0 Å². The van der Waals surface area contributed by atoms with Crippen LogP contribution in [-0.2, 0) is 4.79 Å². The molecule has 1 N–H and O–H groups in total. The van der Waals surface area contributed by atoms with Gasteiger partial charge in [0, 0.05) is 5.92 Å². The number of carbonyl (C=O) groups excluding carboxylic acids is 1. The molecule has 3 atom stereocenters. The molecule has 0 aliphatic heterocycles. The Balaban J connectivity index is 1.60. The molecule has 1 aliphatic rings. The van der Waals surface area contributed by atoms with E-state index in [1.54, 1.807) is 7.11 Å². The van der Waals surface area contributed by atoms with Crippen LogP contribution in [0, 0.1) is 5.92 Å². The maximum absolute atomic E-state index is 12.4. The lowest BCUT2D eigenvalue weighted by Crippen LogP contribution is -2.28. The van der Waals surface area contributed by atoms with Gasteiger partial charge in [-0.25, -0.2) is 0 Å². The summed E-state index contributed by atoms with van der Waals surface area (Å²) in [6, 6.07) is 18.1. The molecule has 1 saturated carbocycles. The number of nitrogens with one attached hydrogen (secondary N) is 1. The van der Waals surface area contributed by atoms with Crippen molar-refractivity contribution >= 4 is 5.91 Å². The summed E-state index contributed by atoms with van der Waals surface area (Å²) in [5.41, 5.74) is 2.32. The van der Waals surface area contributed by atoms with Crippen LogP contribution in [0.5, 0.6) is 5.75 Å². The fraction of sp³-hybridized carbons (Fsp3) is 0.316. The molecule has 22 heavy (non-hydrogen) atoms. The third kappa shape index (κ3) is 3.14. The smallest absolute Gasteiger partial charge is 0.224 e. The molecule has 0 heterocycles. The van der Waals surface area contributed by atoms with Crippen molar-refractivity contribution in [3.05, 3.63) is 65.7 Å². The van der Waals surface area contributed by atoms with Crippen molar-refractivity contribution in [1.82, 2.24) is 5.32 Å². The summed E-state index contributed by atoms with van der Waals surface area (Å²) in [4.78, 5) is 12.4. The van der Waals surface area contributed by atoms with Crippen LogP contribution in [0.1, 0.15) is 36.4 Å². The molecule has 1 fully saturated rings. The molecule has 2 aromatic rings. The zero-order chi connectivity index (χ0) is 15.5. The Morgan fingerprint density at radius 3 is 2.68 bits per heavy atom. The highest BCUT2D eigenvalue weighted by atomic mass is 16.5. The molecule has 0 saturated heterocycles. The SMILES string of the molecule is COc1cccc(C(C)NC(=O)C2CC2c2ccccc2)c1. The largest absolute Gasteiger partial charge is 0.497 e. The fourth-order valence-corrected chi connectivity index (χ4v) is 2.87. The van der Waals surface area contributed by atoms with E-state index in [-0.39, 0.29) is 17.9 Å². The number of ether oxygens (including phenoxy) is 1. The number of hydrogen-bond donors (Lipinski definition) is 1. The summed E-state index contributed by atoms with van der Waals surface area (Å²) in [7, 11) is 1.65. The van der Waals surface area contributed by atoms with Gasteiger partial charge in [0.25, 0.3) is 0 Å². The van der Waals surface area contributed by atoms with Gasteiger partial charge in [-0.05, 0) is 42.5 Å². The second kappa shape index (κ2) is 6.22. The summed E-state index contributed by atoms with van der Waals surface area (Å²) in [5, 5.41) is 3.11. The Hall–Kier alpha value is -2.29. The van der Waals surface area contributed by atoms with Crippen LogP contribution in [-0.4, -0.2) is 13.0 Å². The Morgan fingerprint density at radius 2 is 1.95 bits per heavy atom. The summed E-state index contributed by atoms with van der Waals surface area (Å²) < 4.78 is 5.23. The zero-order valence-corrected chi connectivity index (χ0v) is 13.0. The molecule has 114 valence electrons. The van der Waals surface area contributed by atoms with Crippen molar-refractivity contribution < 1.29 is 9.53 Å². The van der Waals surface area contributed by atoms with Crippen LogP contribution in [0.25, 0.3) is 0 Å². The molecular formula is C19H21NO2. The quantitative estimate of drug-likeness (QED) is 0.914. The Kier molecular flexibility index (Phi) is 4.14. The van der Waals surface area contributed by atoms with Crippen molar-refractivity contribution in [2.45, 2.75) is 25.3 Å². The molecule has 3 rings (SSSR count). The van der Waals surface area contributed by atoms with Crippen LogP contribution in [0.2, 0.25) is 0 Å². The normalized spacial score (nSPS) is 21.0. The van der Waals surface area contributed by atoms with E-state index in [0.717, 1.165) is 17.7 Å². The number of benzene rings is 2. The maximum atomic E-state index is 12.4. The third-order valence-electron chi connectivity index (χ3n) is 4.31. The van der Waals surface area contributed by atoms with E-state index in [2.05, 4.69) is 17.4 Å². The molecule has 3 heteroatoms. The third-order valence-corrected chi connectivity index (χ3v) is 4.31. The van der Waals surface area contributed by atoms with Gasteiger partial charge in [-0.15, -0.1) is 0 Å². The van der Waals surface area contributed by atoms with Crippen molar-refractivity contribution in [2.24, 2.45) is 5.92 Å². The van der Waals surface area contributed by atoms with Gasteiger partial charge in [0.1, 0.15) is 5.75 Å². The van der Waals surface area contributed by atoms with E-state index >= 15 is 0 Å². The van der Waals surface area contributed by atoms with Crippen LogP contribution < -0.4 is 10.1 Å². The molecular weight excluding hydrogens is 274 g/mol. The van der Waals surface area contributed by atoms with E-state index in [4.69, 9.17) is 4.74 Å². The first-order valence-corrected chi connectivity index (χ1v) is 7.68. The van der Waals surface area contributed by atoms with Gasteiger partial charge in [0.05, 0.1) is 13.2 Å². The maximum Gasteiger partial charge on any atom is 0.224 e. The van der Waals surface area contributed by atoms with E-state index in [9.17, 15) is 4.79 Å². The molecule has 0 aromatic heterocycles. The highest BCUT2D eigenvalue weighted by Crippen LogP contribution is 2.47. The predicted octanol–water partition coefficient (Wildman–Crippen LogP) is 3.68. The second-order valence-corrected chi connectivity index (χ2v) is 5.87. The molecule has 3 nitrogen and oxygen atoms in total. The molecule has 1 aliphatic carbocycles. The lowest BCUT2D eigenvalue weighted by molar-refractivity contribution is -0.123. The topological polar surface area (TPSA) is 38.3 Å². The molecule has 2 aromatic carbocycles. The summed E-state index contributed by atoms with van der Waals surface area (Å²) in [6.45, 7) is 2.01. The van der Waals surface area contributed by atoms with Crippen LogP contribution >= 0.6 is 0 Å². The average Bonchev–Trinajstić information content (AvgIpc) is 3.36. The number of methoxy groups -OCH3 is 1. The van der Waals surface area contributed by atoms with E-state index in [0.29, 0.717) is 5.92 Å². The Labute approximate surface area is 131 Å². The second-order valence-electron chi connectivity index (χ2n) is 5.87. The lowest BCUT2D eigenvalue weighted by Gasteiger charge is -2.15. The number of carbonyl (C=O) groups is 1. The van der Waals surface area contributed by atoms with Gasteiger partial charge >= 0.3 is 0 Å². The minimum Gasteiger partial charge on any atom is -0.497 e. The van der Waals surface area contributed by atoms with E-state index < -0.39 is 0 Å². The minimum atomic E-state index is -0.0142. The zero-order valence-electron chi connectivity index (χ0n) is 13.0.